The molecule has 92 valence electrons. The van der Waals surface area contributed by atoms with Crippen LogP contribution in [0.2, 0.25) is 0 Å². The van der Waals surface area contributed by atoms with Gasteiger partial charge in [-0.25, -0.2) is 14.4 Å². The zero-order valence-electron chi connectivity index (χ0n) is 9.21. The number of phenols is 1. The number of phenolic OH excluding ortho intramolecular Hbond substituents is 1. The number of thioether (sulfide) groups is 1. The fourth-order valence-corrected chi connectivity index (χ4v) is 1.99. The number of aromatic hydroxyl groups is 1. The van der Waals surface area contributed by atoms with E-state index in [9.17, 15) is 14.3 Å². The number of nitrogens with zero attached hydrogens (tertiary/aromatic N) is 2. The number of ketones is 1. The minimum atomic E-state index is -0.558. The summed E-state index contributed by atoms with van der Waals surface area (Å²) in [5.74, 6) is -1.11. The van der Waals surface area contributed by atoms with Crippen molar-refractivity contribution in [3.05, 3.63) is 48.0 Å². The minimum Gasteiger partial charge on any atom is -0.507 e. The Morgan fingerprint density at radius 3 is 2.78 bits per heavy atom. The molecule has 0 unspecified atom stereocenters. The number of rotatable bonds is 4. The van der Waals surface area contributed by atoms with Crippen molar-refractivity contribution in [3.8, 4) is 5.75 Å². The third-order valence-corrected chi connectivity index (χ3v) is 3.01. The molecule has 0 saturated heterocycles. The largest absolute Gasteiger partial charge is 0.507 e. The Kier molecular flexibility index (Phi) is 3.88. The van der Waals surface area contributed by atoms with Gasteiger partial charge in [-0.15, -0.1) is 0 Å². The minimum absolute atomic E-state index is 0.0292. The number of halogens is 1. The Hall–Kier alpha value is -1.95. The van der Waals surface area contributed by atoms with E-state index in [1.807, 2.05) is 0 Å². The van der Waals surface area contributed by atoms with Crippen LogP contribution in [0.4, 0.5) is 4.39 Å². The van der Waals surface area contributed by atoms with Crippen LogP contribution >= 0.6 is 11.8 Å². The average molecular weight is 264 g/mol. The molecule has 2 rings (SSSR count). The van der Waals surface area contributed by atoms with Crippen molar-refractivity contribution >= 4 is 17.5 Å². The molecule has 0 aliphatic rings. The van der Waals surface area contributed by atoms with Gasteiger partial charge in [-0.1, -0.05) is 11.8 Å². The molecule has 1 aromatic carbocycles. The van der Waals surface area contributed by atoms with Crippen LogP contribution < -0.4 is 0 Å². The second kappa shape index (κ2) is 5.59. The summed E-state index contributed by atoms with van der Waals surface area (Å²) in [5.41, 5.74) is -0.0292. The molecule has 0 fully saturated rings. The number of hydrogen-bond donors (Lipinski definition) is 1. The molecule has 2 aromatic rings. The lowest BCUT2D eigenvalue weighted by molar-refractivity contribution is 0.101. The molecule has 0 amide bonds. The summed E-state index contributed by atoms with van der Waals surface area (Å²) in [4.78, 5) is 19.7. The molecule has 0 spiro atoms. The standard InChI is InChI=1S/C12H9FN2O2S/c13-8-2-3-10(16)9(6-8)11(17)7-18-12-14-4-1-5-15-12/h1-6,16H,7H2. The van der Waals surface area contributed by atoms with Gasteiger partial charge in [0, 0.05) is 12.4 Å². The molecule has 4 nitrogen and oxygen atoms in total. The molecule has 0 saturated carbocycles. The molecule has 0 aliphatic heterocycles. The fourth-order valence-electron chi connectivity index (χ4n) is 1.30. The smallest absolute Gasteiger partial charge is 0.187 e. The van der Waals surface area contributed by atoms with Gasteiger partial charge in [0.25, 0.3) is 0 Å². The van der Waals surface area contributed by atoms with E-state index >= 15 is 0 Å². The highest BCUT2D eigenvalue weighted by Crippen LogP contribution is 2.21. The highest BCUT2D eigenvalue weighted by Gasteiger charge is 2.13. The van der Waals surface area contributed by atoms with Gasteiger partial charge in [-0.2, -0.15) is 0 Å². The van der Waals surface area contributed by atoms with Gasteiger partial charge in [-0.3, -0.25) is 4.79 Å². The van der Waals surface area contributed by atoms with Crippen LogP contribution in [-0.2, 0) is 0 Å². The van der Waals surface area contributed by atoms with Crippen LogP contribution in [0, 0.1) is 5.82 Å². The maximum Gasteiger partial charge on any atom is 0.187 e. The number of aromatic nitrogens is 2. The van der Waals surface area contributed by atoms with E-state index in [0.717, 1.165) is 30.0 Å². The second-order valence-electron chi connectivity index (χ2n) is 3.40. The summed E-state index contributed by atoms with van der Waals surface area (Å²) in [7, 11) is 0. The normalized spacial score (nSPS) is 10.3. The monoisotopic (exact) mass is 264 g/mol. The van der Waals surface area contributed by atoms with Crippen molar-refractivity contribution < 1.29 is 14.3 Å². The summed E-state index contributed by atoms with van der Waals surface area (Å²) in [6, 6.07) is 4.94. The summed E-state index contributed by atoms with van der Waals surface area (Å²) >= 11 is 1.13. The zero-order valence-corrected chi connectivity index (χ0v) is 10.0. The van der Waals surface area contributed by atoms with Crippen LogP contribution in [0.5, 0.6) is 5.75 Å². The number of carbonyl (C=O) groups is 1. The molecule has 0 bridgehead atoms. The summed E-state index contributed by atoms with van der Waals surface area (Å²) < 4.78 is 13.0. The first-order valence-electron chi connectivity index (χ1n) is 5.08. The van der Waals surface area contributed by atoms with E-state index in [2.05, 4.69) is 9.97 Å². The molecular weight excluding hydrogens is 255 g/mol. The quantitative estimate of drug-likeness (QED) is 0.521. The van der Waals surface area contributed by atoms with E-state index in [0.29, 0.717) is 5.16 Å². The molecule has 6 heteroatoms. The van der Waals surface area contributed by atoms with Gasteiger partial charge >= 0.3 is 0 Å². The third-order valence-electron chi connectivity index (χ3n) is 2.13. The van der Waals surface area contributed by atoms with Crippen LogP contribution in [0.1, 0.15) is 10.4 Å². The van der Waals surface area contributed by atoms with Crippen LogP contribution in [-0.4, -0.2) is 26.6 Å². The first-order chi connectivity index (χ1) is 8.66. The summed E-state index contributed by atoms with van der Waals surface area (Å²) in [6.45, 7) is 0. The van der Waals surface area contributed by atoms with Gasteiger partial charge in [0.05, 0.1) is 11.3 Å². The number of hydrogen-bond acceptors (Lipinski definition) is 5. The highest BCUT2D eigenvalue weighted by molar-refractivity contribution is 7.99. The van der Waals surface area contributed by atoms with E-state index in [1.54, 1.807) is 18.5 Å². The average Bonchev–Trinajstić information content (AvgIpc) is 2.40. The first-order valence-corrected chi connectivity index (χ1v) is 6.07. The van der Waals surface area contributed by atoms with Crippen molar-refractivity contribution in [2.45, 2.75) is 5.16 Å². The lowest BCUT2D eigenvalue weighted by Crippen LogP contribution is -2.04. The van der Waals surface area contributed by atoms with Crippen LogP contribution in [0.15, 0.2) is 41.8 Å². The number of Topliss-reactive ketones (excluding diaryl/α,β-unsaturated/α-hetero) is 1. The second-order valence-corrected chi connectivity index (χ2v) is 4.35. The topological polar surface area (TPSA) is 63.1 Å². The van der Waals surface area contributed by atoms with E-state index in [4.69, 9.17) is 0 Å². The Bertz CT molecular complexity index is 563. The predicted molar refractivity (Wildman–Crippen MR) is 65.2 cm³/mol. The maximum atomic E-state index is 13.0. The van der Waals surface area contributed by atoms with Gasteiger partial charge < -0.3 is 5.11 Å². The van der Waals surface area contributed by atoms with E-state index in [-0.39, 0.29) is 22.8 Å². The Balaban J connectivity index is 2.06. The zero-order chi connectivity index (χ0) is 13.0. The molecule has 0 atom stereocenters. The Morgan fingerprint density at radius 2 is 2.06 bits per heavy atom. The van der Waals surface area contributed by atoms with Crippen LogP contribution in [0.25, 0.3) is 0 Å². The predicted octanol–water partition coefficient (Wildman–Crippen LogP) is 2.30. The molecule has 1 heterocycles. The van der Waals surface area contributed by atoms with Crippen molar-refractivity contribution in [1.29, 1.82) is 0 Å². The number of benzene rings is 1. The molecule has 18 heavy (non-hydrogen) atoms. The van der Waals surface area contributed by atoms with Crippen LogP contribution in [0.3, 0.4) is 0 Å². The Morgan fingerprint density at radius 1 is 1.33 bits per heavy atom. The third kappa shape index (κ3) is 3.04. The van der Waals surface area contributed by atoms with Crippen molar-refractivity contribution in [2.75, 3.05) is 5.75 Å². The van der Waals surface area contributed by atoms with Crippen molar-refractivity contribution in [2.24, 2.45) is 0 Å². The van der Waals surface area contributed by atoms with Gasteiger partial charge in [0.15, 0.2) is 10.9 Å². The van der Waals surface area contributed by atoms with Crippen molar-refractivity contribution in [1.82, 2.24) is 9.97 Å². The van der Waals surface area contributed by atoms with E-state index in [1.165, 1.54) is 0 Å². The maximum absolute atomic E-state index is 13.0. The van der Waals surface area contributed by atoms with Gasteiger partial charge in [0.2, 0.25) is 0 Å². The van der Waals surface area contributed by atoms with E-state index < -0.39 is 5.82 Å². The van der Waals surface area contributed by atoms with Gasteiger partial charge in [-0.05, 0) is 24.3 Å². The molecule has 1 N–H and O–H groups in total. The number of carbonyl (C=O) groups excluding carboxylic acids is 1. The lowest BCUT2D eigenvalue weighted by atomic mass is 10.1. The highest BCUT2D eigenvalue weighted by atomic mass is 32.2. The van der Waals surface area contributed by atoms with Gasteiger partial charge in [0.1, 0.15) is 11.6 Å². The lowest BCUT2D eigenvalue weighted by Gasteiger charge is -2.03. The summed E-state index contributed by atoms with van der Waals surface area (Å²) in [6.07, 6.45) is 3.14. The van der Waals surface area contributed by atoms with Crippen molar-refractivity contribution in [3.63, 3.8) is 0 Å². The summed E-state index contributed by atoms with van der Waals surface area (Å²) in [5, 5.41) is 9.93. The SMILES string of the molecule is O=C(CSc1ncccn1)c1cc(F)ccc1O. The first kappa shape index (κ1) is 12.5. The molecule has 1 aromatic heterocycles. The molecule has 0 aliphatic carbocycles. The molecule has 0 radical (unpaired) electrons. The molecular formula is C12H9FN2O2S. The Labute approximate surface area is 107 Å². The fraction of sp³-hybridized carbons (Fsp3) is 0.0833.